The van der Waals surface area contributed by atoms with E-state index in [9.17, 15) is 9.90 Å². The van der Waals surface area contributed by atoms with E-state index in [-0.39, 0.29) is 0 Å². The van der Waals surface area contributed by atoms with Gasteiger partial charge in [-0.05, 0) is 43.4 Å². The monoisotopic (exact) mass is 261 g/mol. The molecule has 0 aromatic heterocycles. The number of rotatable bonds is 3. The minimum absolute atomic E-state index is 0.547. The third-order valence-electron chi connectivity index (χ3n) is 4.31. The maximum atomic E-state index is 11.2. The van der Waals surface area contributed by atoms with Gasteiger partial charge in [0.05, 0.1) is 5.41 Å². The molecule has 1 fully saturated rings. The number of carboxylic acid groups (broad SMARTS) is 1. The van der Waals surface area contributed by atoms with Crippen molar-refractivity contribution in [2.24, 2.45) is 5.41 Å². The number of benzene rings is 1. The molecule has 0 spiro atoms. The lowest BCUT2D eigenvalue weighted by Gasteiger charge is -2.37. The molecular formula is C16H23NO2. The van der Waals surface area contributed by atoms with Crippen molar-refractivity contribution in [2.75, 3.05) is 18.0 Å². The Morgan fingerprint density at radius 2 is 1.74 bits per heavy atom. The highest BCUT2D eigenvalue weighted by atomic mass is 16.4. The molecule has 1 N–H and O–H groups in total. The number of anilines is 1. The van der Waals surface area contributed by atoms with Crippen molar-refractivity contribution in [3.8, 4) is 0 Å². The maximum Gasteiger partial charge on any atom is 0.309 e. The molecule has 1 aliphatic rings. The number of aliphatic carboxylic acids is 1. The minimum atomic E-state index is -0.665. The second-order valence-corrected chi connectivity index (χ2v) is 6.10. The molecule has 1 heterocycles. The first-order valence-electron chi connectivity index (χ1n) is 7.01. The summed E-state index contributed by atoms with van der Waals surface area (Å²) in [6, 6.07) is 8.65. The van der Waals surface area contributed by atoms with Crippen LogP contribution in [0.3, 0.4) is 0 Å². The van der Waals surface area contributed by atoms with Crippen LogP contribution < -0.4 is 4.90 Å². The molecule has 0 atom stereocenters. The van der Waals surface area contributed by atoms with Crippen molar-refractivity contribution in [1.29, 1.82) is 0 Å². The van der Waals surface area contributed by atoms with E-state index in [1.165, 1.54) is 11.3 Å². The van der Waals surface area contributed by atoms with Gasteiger partial charge in [-0.2, -0.15) is 0 Å². The van der Waals surface area contributed by atoms with Crippen LogP contribution in [0.5, 0.6) is 0 Å². The summed E-state index contributed by atoms with van der Waals surface area (Å²) < 4.78 is 0. The van der Waals surface area contributed by atoms with Gasteiger partial charge >= 0.3 is 5.97 Å². The number of piperidine rings is 1. The highest BCUT2D eigenvalue weighted by Gasteiger charge is 2.36. The molecule has 104 valence electrons. The van der Waals surface area contributed by atoms with Gasteiger partial charge in [0.25, 0.3) is 0 Å². The largest absolute Gasteiger partial charge is 0.481 e. The first-order chi connectivity index (χ1) is 8.92. The Bertz CT molecular complexity index is 442. The molecular weight excluding hydrogens is 238 g/mol. The fourth-order valence-corrected chi connectivity index (χ4v) is 2.54. The van der Waals surface area contributed by atoms with Crippen LogP contribution in [0, 0.1) is 5.41 Å². The lowest BCUT2D eigenvalue weighted by molar-refractivity contribution is -0.149. The lowest BCUT2D eigenvalue weighted by Crippen LogP contribution is -2.42. The molecule has 2 rings (SSSR count). The van der Waals surface area contributed by atoms with Gasteiger partial charge in [0.2, 0.25) is 0 Å². The van der Waals surface area contributed by atoms with Gasteiger partial charge in [-0.3, -0.25) is 4.79 Å². The molecule has 1 aliphatic heterocycles. The molecule has 0 amide bonds. The molecule has 0 unspecified atom stereocenters. The van der Waals surface area contributed by atoms with Crippen molar-refractivity contribution >= 4 is 11.7 Å². The maximum absolute atomic E-state index is 11.2. The Hall–Kier alpha value is -1.51. The van der Waals surface area contributed by atoms with Crippen LogP contribution in [0.4, 0.5) is 5.69 Å². The summed E-state index contributed by atoms with van der Waals surface area (Å²) >= 11 is 0. The van der Waals surface area contributed by atoms with Crippen LogP contribution in [0.15, 0.2) is 24.3 Å². The van der Waals surface area contributed by atoms with Crippen LogP contribution in [-0.2, 0) is 4.79 Å². The number of carboxylic acids is 1. The topological polar surface area (TPSA) is 40.5 Å². The van der Waals surface area contributed by atoms with Gasteiger partial charge in [0.15, 0.2) is 0 Å². The zero-order valence-corrected chi connectivity index (χ0v) is 12.0. The number of nitrogens with zero attached hydrogens (tertiary/aromatic N) is 1. The summed E-state index contributed by atoms with van der Waals surface area (Å²) in [5.41, 5.74) is 2.00. The Balaban J connectivity index is 2.03. The first-order valence-corrected chi connectivity index (χ1v) is 7.01. The number of hydrogen-bond donors (Lipinski definition) is 1. The molecule has 3 nitrogen and oxygen atoms in total. The van der Waals surface area contributed by atoms with E-state index in [0.29, 0.717) is 18.8 Å². The molecule has 0 bridgehead atoms. The zero-order valence-electron chi connectivity index (χ0n) is 12.0. The summed E-state index contributed by atoms with van der Waals surface area (Å²) in [6.07, 6.45) is 1.43. The van der Waals surface area contributed by atoms with E-state index >= 15 is 0 Å². The molecule has 1 saturated heterocycles. The fourth-order valence-electron chi connectivity index (χ4n) is 2.54. The van der Waals surface area contributed by atoms with E-state index in [0.717, 1.165) is 13.1 Å². The fraction of sp³-hybridized carbons (Fsp3) is 0.562. The van der Waals surface area contributed by atoms with Gasteiger partial charge in [0, 0.05) is 18.8 Å². The Kier molecular flexibility index (Phi) is 3.83. The van der Waals surface area contributed by atoms with Gasteiger partial charge in [-0.25, -0.2) is 0 Å². The minimum Gasteiger partial charge on any atom is -0.481 e. The average molecular weight is 261 g/mol. The highest BCUT2D eigenvalue weighted by molar-refractivity contribution is 5.74. The van der Waals surface area contributed by atoms with Crippen molar-refractivity contribution in [2.45, 2.75) is 39.5 Å². The zero-order chi connectivity index (χ0) is 14.0. The lowest BCUT2D eigenvalue weighted by atomic mass is 9.80. The third kappa shape index (κ3) is 2.91. The Labute approximate surface area is 115 Å². The molecule has 3 heteroatoms. The standard InChI is InChI=1S/C16H23NO2/c1-12(2)13-4-6-14(7-5-13)17-10-8-16(3,9-11-17)15(18)19/h4-7,12H,8-11H2,1-3H3,(H,18,19). The predicted molar refractivity (Wildman–Crippen MR) is 77.7 cm³/mol. The van der Waals surface area contributed by atoms with Crippen molar-refractivity contribution in [1.82, 2.24) is 0 Å². The third-order valence-corrected chi connectivity index (χ3v) is 4.31. The quantitative estimate of drug-likeness (QED) is 0.905. The Morgan fingerprint density at radius 1 is 1.21 bits per heavy atom. The summed E-state index contributed by atoms with van der Waals surface area (Å²) in [7, 11) is 0. The van der Waals surface area contributed by atoms with Crippen molar-refractivity contribution < 1.29 is 9.90 Å². The second kappa shape index (κ2) is 5.24. The Morgan fingerprint density at radius 3 is 2.16 bits per heavy atom. The molecule has 0 saturated carbocycles. The summed E-state index contributed by atoms with van der Waals surface area (Å²) in [6.45, 7) is 7.88. The molecule has 0 radical (unpaired) electrons. The van der Waals surface area contributed by atoms with E-state index in [1.807, 2.05) is 6.92 Å². The van der Waals surface area contributed by atoms with Crippen LogP contribution >= 0.6 is 0 Å². The molecule has 1 aromatic rings. The van der Waals surface area contributed by atoms with Crippen molar-refractivity contribution in [3.05, 3.63) is 29.8 Å². The van der Waals surface area contributed by atoms with Crippen LogP contribution in [-0.4, -0.2) is 24.2 Å². The van der Waals surface area contributed by atoms with Gasteiger partial charge in [0.1, 0.15) is 0 Å². The number of hydrogen-bond acceptors (Lipinski definition) is 2. The molecule has 0 aliphatic carbocycles. The van der Waals surface area contributed by atoms with Crippen LogP contribution in [0.25, 0.3) is 0 Å². The van der Waals surface area contributed by atoms with Gasteiger partial charge in [-0.1, -0.05) is 26.0 Å². The SMILES string of the molecule is CC(C)c1ccc(N2CCC(C)(C(=O)O)CC2)cc1. The summed E-state index contributed by atoms with van der Waals surface area (Å²) in [4.78, 5) is 13.5. The van der Waals surface area contributed by atoms with E-state index < -0.39 is 11.4 Å². The highest BCUT2D eigenvalue weighted by Crippen LogP contribution is 2.33. The van der Waals surface area contributed by atoms with Crippen LogP contribution in [0.1, 0.15) is 45.1 Å². The van der Waals surface area contributed by atoms with E-state index in [1.54, 1.807) is 0 Å². The first kappa shape index (κ1) is 13.9. The normalized spacial score (nSPS) is 18.6. The smallest absolute Gasteiger partial charge is 0.309 e. The second-order valence-electron chi connectivity index (χ2n) is 6.10. The average Bonchev–Trinajstić information content (AvgIpc) is 2.39. The summed E-state index contributed by atoms with van der Waals surface area (Å²) in [5.74, 6) is -0.118. The summed E-state index contributed by atoms with van der Waals surface area (Å²) in [5, 5.41) is 9.23. The number of carbonyl (C=O) groups is 1. The molecule has 19 heavy (non-hydrogen) atoms. The van der Waals surface area contributed by atoms with Crippen LogP contribution in [0.2, 0.25) is 0 Å². The van der Waals surface area contributed by atoms with Crippen molar-refractivity contribution in [3.63, 3.8) is 0 Å². The van der Waals surface area contributed by atoms with E-state index in [4.69, 9.17) is 0 Å². The van der Waals surface area contributed by atoms with Gasteiger partial charge in [-0.15, -0.1) is 0 Å². The van der Waals surface area contributed by atoms with E-state index in [2.05, 4.69) is 43.0 Å². The molecule has 1 aromatic carbocycles. The van der Waals surface area contributed by atoms with Gasteiger partial charge < -0.3 is 10.0 Å². The predicted octanol–water partition coefficient (Wildman–Crippen LogP) is 3.50.